The Hall–Kier alpha value is -3.41. The first-order valence-corrected chi connectivity index (χ1v) is 14.9. The Labute approximate surface area is 236 Å². The van der Waals surface area contributed by atoms with E-state index in [0.717, 1.165) is 82.8 Å². The summed E-state index contributed by atoms with van der Waals surface area (Å²) in [5, 5.41) is 22.3. The molecule has 2 aromatic heterocycles. The van der Waals surface area contributed by atoms with Gasteiger partial charge in [-0.1, -0.05) is 6.08 Å². The molecule has 2 bridgehead atoms. The summed E-state index contributed by atoms with van der Waals surface area (Å²) in [5.41, 5.74) is 2.07. The van der Waals surface area contributed by atoms with Crippen molar-refractivity contribution in [3.63, 3.8) is 0 Å². The van der Waals surface area contributed by atoms with E-state index in [1.165, 1.54) is 10.7 Å². The van der Waals surface area contributed by atoms with Gasteiger partial charge in [0.2, 0.25) is 0 Å². The number of nitrogens with one attached hydrogen (secondary N) is 2. The molecular formula is C30H34FN7O3. The molecule has 8 rings (SSSR count). The Morgan fingerprint density at radius 3 is 2.76 bits per heavy atom. The minimum Gasteiger partial charge on any atom is -0.508 e. The van der Waals surface area contributed by atoms with Crippen LogP contribution in [0.5, 0.6) is 11.8 Å². The molecule has 1 aliphatic carbocycles. The van der Waals surface area contributed by atoms with Crippen LogP contribution in [-0.2, 0) is 0 Å². The van der Waals surface area contributed by atoms with Gasteiger partial charge in [-0.3, -0.25) is 9.69 Å². The second-order valence-electron chi connectivity index (χ2n) is 12.3. The van der Waals surface area contributed by atoms with Gasteiger partial charge in [-0.05, 0) is 69.5 Å². The van der Waals surface area contributed by atoms with Crippen LogP contribution < -0.4 is 20.9 Å². The molecule has 1 saturated carbocycles. The molecule has 4 fully saturated rings. The normalized spacial score (nSPS) is 25.3. The largest absolute Gasteiger partial charge is 0.508 e. The van der Waals surface area contributed by atoms with Gasteiger partial charge in [-0.15, -0.1) is 0 Å². The van der Waals surface area contributed by atoms with Crippen molar-refractivity contribution in [2.45, 2.75) is 68.5 Å². The summed E-state index contributed by atoms with van der Waals surface area (Å²) in [6.45, 7) is 4.34. The van der Waals surface area contributed by atoms with Gasteiger partial charge in [0, 0.05) is 42.9 Å². The number of rotatable bonds is 6. The van der Waals surface area contributed by atoms with Gasteiger partial charge < -0.3 is 20.5 Å². The highest BCUT2D eigenvalue weighted by Gasteiger charge is 2.45. The lowest BCUT2D eigenvalue weighted by atomic mass is 9.92. The molecule has 0 amide bonds. The minimum atomic E-state index is -0.527. The second kappa shape index (κ2) is 9.57. The van der Waals surface area contributed by atoms with Gasteiger partial charge in [0.05, 0.1) is 28.5 Å². The molecule has 3 N–H and O–H groups in total. The average Bonchev–Trinajstić information content (AvgIpc) is 3.58. The zero-order chi connectivity index (χ0) is 27.7. The Morgan fingerprint density at radius 1 is 1.15 bits per heavy atom. The fraction of sp³-hybridized carbons (Fsp3) is 0.533. The number of nitrogens with zero attached hydrogens (tertiary/aromatic N) is 5. The van der Waals surface area contributed by atoms with E-state index in [-0.39, 0.29) is 46.5 Å². The van der Waals surface area contributed by atoms with Crippen LogP contribution in [0.3, 0.4) is 0 Å². The van der Waals surface area contributed by atoms with Gasteiger partial charge in [0.25, 0.3) is 5.56 Å². The van der Waals surface area contributed by atoms with Crippen molar-refractivity contribution in [2.75, 3.05) is 32.8 Å². The fourth-order valence-electron chi connectivity index (χ4n) is 7.51. The Balaban J connectivity index is 1.26. The number of aromatic hydroxyl groups is 1. The molecule has 2 unspecified atom stereocenters. The maximum absolute atomic E-state index is 15.0. The molecule has 11 heteroatoms. The van der Waals surface area contributed by atoms with Gasteiger partial charge >= 0.3 is 6.01 Å². The number of piperazine rings is 1. The topological polar surface area (TPSA) is 117 Å². The van der Waals surface area contributed by atoms with Crippen molar-refractivity contribution >= 4 is 16.5 Å². The number of benzene rings is 1. The second-order valence-corrected chi connectivity index (χ2v) is 12.3. The number of hydrogen-bond acceptors (Lipinski definition) is 9. The quantitative estimate of drug-likeness (QED) is 0.419. The highest BCUT2D eigenvalue weighted by Crippen LogP contribution is 2.45. The predicted molar refractivity (Wildman–Crippen MR) is 151 cm³/mol. The number of ether oxygens (including phenoxy) is 1. The minimum absolute atomic E-state index is 0.00258. The third-order valence-corrected chi connectivity index (χ3v) is 9.59. The van der Waals surface area contributed by atoms with Crippen LogP contribution in [0.15, 0.2) is 29.2 Å². The highest BCUT2D eigenvalue weighted by molar-refractivity contribution is 5.89. The van der Waals surface area contributed by atoms with E-state index < -0.39 is 11.4 Å². The van der Waals surface area contributed by atoms with Crippen LogP contribution in [0.1, 0.15) is 62.1 Å². The number of hydrogen-bond donors (Lipinski definition) is 3. The van der Waals surface area contributed by atoms with E-state index >= 15 is 0 Å². The first kappa shape index (κ1) is 25.3. The van der Waals surface area contributed by atoms with Crippen LogP contribution >= 0.6 is 0 Å². The van der Waals surface area contributed by atoms with Crippen molar-refractivity contribution in [3.05, 3.63) is 51.8 Å². The zero-order valence-corrected chi connectivity index (χ0v) is 22.9. The maximum Gasteiger partial charge on any atom is 0.317 e. The molecule has 214 valence electrons. The van der Waals surface area contributed by atoms with E-state index in [2.05, 4.69) is 31.7 Å². The summed E-state index contributed by atoms with van der Waals surface area (Å²) in [5.74, 6) is -0.775. The summed E-state index contributed by atoms with van der Waals surface area (Å²) in [7, 11) is 0. The molecule has 4 aliphatic heterocycles. The van der Waals surface area contributed by atoms with Gasteiger partial charge in [0.15, 0.2) is 0 Å². The van der Waals surface area contributed by atoms with E-state index in [9.17, 15) is 14.3 Å². The molecule has 0 spiro atoms. The third-order valence-electron chi connectivity index (χ3n) is 9.59. The molecular weight excluding hydrogens is 525 g/mol. The summed E-state index contributed by atoms with van der Waals surface area (Å²) in [4.78, 5) is 26.1. The zero-order valence-electron chi connectivity index (χ0n) is 22.9. The van der Waals surface area contributed by atoms with Crippen LogP contribution in [0.4, 0.5) is 4.39 Å². The van der Waals surface area contributed by atoms with Gasteiger partial charge in [-0.2, -0.15) is 19.7 Å². The average molecular weight is 560 g/mol. The predicted octanol–water partition coefficient (Wildman–Crippen LogP) is 2.62. The number of phenolic OH excluding ortho intramolecular Hbond substituents is 1. The monoisotopic (exact) mass is 559 g/mol. The van der Waals surface area contributed by atoms with Gasteiger partial charge in [0.1, 0.15) is 23.7 Å². The lowest BCUT2D eigenvalue weighted by Gasteiger charge is -2.35. The summed E-state index contributed by atoms with van der Waals surface area (Å²) < 4.78 is 22.5. The van der Waals surface area contributed by atoms with Crippen molar-refractivity contribution in [3.8, 4) is 17.4 Å². The molecule has 6 heterocycles. The molecule has 1 aromatic carbocycles. The van der Waals surface area contributed by atoms with E-state index in [1.807, 2.05) is 0 Å². The standard InChI is InChI=1S/C30H34FN7O3/c31-23-11-21(39)12-24(25(23)17-3-4-17)38-28(40)27-22(15-33-38)26(18-9-19-13-32-14-20(10-18)34-19)35-29(36-27)41-16-30-5-1-7-37(30)8-2-6-30/h9,11-12,15,17,19-20,32,34,39H,1-8,10,13-14,16H2. The maximum atomic E-state index is 15.0. The number of fused-ring (bicyclic) bond motifs is 4. The SMILES string of the molecule is O=c1c2nc(OCC34CCCN3CCC4)nc(C3=CC4CNCC(C3)N4)c2cnn1-c1cc(O)cc(F)c1C1CC1. The molecule has 10 nitrogen and oxygen atoms in total. The first-order valence-electron chi connectivity index (χ1n) is 14.9. The fourth-order valence-corrected chi connectivity index (χ4v) is 7.51. The van der Waals surface area contributed by atoms with E-state index in [1.54, 1.807) is 6.20 Å². The molecule has 0 radical (unpaired) electrons. The summed E-state index contributed by atoms with van der Waals surface area (Å²) >= 11 is 0. The Kier molecular flexibility index (Phi) is 5.91. The Morgan fingerprint density at radius 2 is 1.98 bits per heavy atom. The van der Waals surface area contributed by atoms with Crippen LogP contribution in [0.2, 0.25) is 0 Å². The molecule has 3 aromatic rings. The lowest BCUT2D eigenvalue weighted by Crippen LogP contribution is -2.56. The highest BCUT2D eigenvalue weighted by atomic mass is 19.1. The summed E-state index contributed by atoms with van der Waals surface area (Å²) in [6, 6.07) is 3.12. The lowest BCUT2D eigenvalue weighted by molar-refractivity contribution is 0.107. The number of halogens is 1. The van der Waals surface area contributed by atoms with Crippen molar-refractivity contribution in [2.24, 2.45) is 0 Å². The van der Waals surface area contributed by atoms with Crippen LogP contribution in [0, 0.1) is 5.82 Å². The van der Waals surface area contributed by atoms with Crippen LogP contribution in [-0.4, -0.2) is 80.2 Å². The van der Waals surface area contributed by atoms with Crippen molar-refractivity contribution in [1.82, 2.24) is 35.3 Å². The van der Waals surface area contributed by atoms with E-state index in [0.29, 0.717) is 23.3 Å². The molecule has 3 saturated heterocycles. The van der Waals surface area contributed by atoms with E-state index in [4.69, 9.17) is 9.72 Å². The third kappa shape index (κ3) is 4.33. The smallest absolute Gasteiger partial charge is 0.317 e. The Bertz CT molecular complexity index is 1620. The summed E-state index contributed by atoms with van der Waals surface area (Å²) in [6.07, 6.45) is 10.7. The first-order chi connectivity index (χ1) is 20.0. The molecule has 5 aliphatic rings. The van der Waals surface area contributed by atoms with Crippen molar-refractivity contribution < 1.29 is 14.2 Å². The number of phenols is 1. The van der Waals surface area contributed by atoms with Crippen molar-refractivity contribution in [1.29, 1.82) is 0 Å². The number of aromatic nitrogens is 4. The molecule has 41 heavy (non-hydrogen) atoms. The van der Waals surface area contributed by atoms with Crippen LogP contribution in [0.25, 0.3) is 22.2 Å². The molecule has 2 atom stereocenters. The van der Waals surface area contributed by atoms with Gasteiger partial charge in [-0.25, -0.2) is 4.39 Å².